The Hall–Kier alpha value is -0.160. The molecule has 4 heteroatoms. The van der Waals surface area contributed by atoms with Gasteiger partial charge in [0.05, 0.1) is 0 Å². The van der Waals surface area contributed by atoms with Crippen LogP contribution in [0.5, 0.6) is 0 Å². The Morgan fingerprint density at radius 1 is 1.41 bits per heavy atom. The summed E-state index contributed by atoms with van der Waals surface area (Å²) < 4.78 is 0. The van der Waals surface area contributed by atoms with E-state index in [1.165, 1.54) is 32.2 Å². The van der Waals surface area contributed by atoms with Crippen LogP contribution in [0.1, 0.15) is 32.1 Å². The van der Waals surface area contributed by atoms with Gasteiger partial charge in [-0.15, -0.1) is 0 Å². The number of likely N-dealkylation sites (N-methyl/N-ethyl adjacent to an activating group) is 1. The molecule has 1 aliphatic carbocycles. The summed E-state index contributed by atoms with van der Waals surface area (Å²) >= 11 is 0. The van der Waals surface area contributed by atoms with Crippen molar-refractivity contribution in [2.75, 3.05) is 33.3 Å². The molecule has 0 spiro atoms. The molecule has 2 aliphatic rings. The van der Waals surface area contributed by atoms with Crippen LogP contribution in [0.25, 0.3) is 0 Å². The number of piperidine rings is 1. The second kappa shape index (κ2) is 5.65. The first kappa shape index (κ1) is 13.3. The quantitative estimate of drug-likeness (QED) is 0.656. The van der Waals surface area contributed by atoms with Gasteiger partial charge in [0.1, 0.15) is 0 Å². The molecule has 3 unspecified atom stereocenters. The maximum absolute atomic E-state index is 9.39. The number of nitrogens with one attached hydrogen (secondary N) is 1. The molecule has 1 saturated heterocycles. The predicted molar refractivity (Wildman–Crippen MR) is 69.9 cm³/mol. The van der Waals surface area contributed by atoms with E-state index >= 15 is 0 Å². The molecule has 2 rings (SSSR count). The molecule has 0 aromatic carbocycles. The Balaban J connectivity index is 1.98. The van der Waals surface area contributed by atoms with Crippen molar-refractivity contribution in [2.24, 2.45) is 11.7 Å². The largest absolute Gasteiger partial charge is 0.396 e. The van der Waals surface area contributed by atoms with E-state index in [0.717, 1.165) is 13.0 Å². The third-order valence-electron chi connectivity index (χ3n) is 4.54. The van der Waals surface area contributed by atoms with Gasteiger partial charge in [-0.05, 0) is 45.2 Å². The lowest BCUT2D eigenvalue weighted by molar-refractivity contribution is 0.116. The molecule has 0 radical (unpaired) electrons. The average Bonchev–Trinajstić information content (AvgIpc) is 2.76. The third-order valence-corrected chi connectivity index (χ3v) is 4.54. The number of rotatable bonds is 4. The van der Waals surface area contributed by atoms with Crippen molar-refractivity contribution in [2.45, 2.75) is 43.7 Å². The van der Waals surface area contributed by atoms with Crippen LogP contribution in [0.2, 0.25) is 0 Å². The van der Waals surface area contributed by atoms with Crippen LogP contribution in [-0.4, -0.2) is 54.9 Å². The predicted octanol–water partition coefficient (Wildman–Crippen LogP) is 0.160. The molecule has 17 heavy (non-hydrogen) atoms. The van der Waals surface area contributed by atoms with Gasteiger partial charge in [0, 0.05) is 31.3 Å². The Kier molecular flexibility index (Phi) is 4.42. The highest BCUT2D eigenvalue weighted by Crippen LogP contribution is 2.29. The summed E-state index contributed by atoms with van der Waals surface area (Å²) in [7, 11) is 2.17. The molecule has 100 valence electrons. The van der Waals surface area contributed by atoms with Crippen LogP contribution < -0.4 is 11.1 Å². The number of nitrogens with zero attached hydrogens (tertiary/aromatic N) is 1. The Morgan fingerprint density at radius 3 is 2.88 bits per heavy atom. The summed E-state index contributed by atoms with van der Waals surface area (Å²) in [5, 5.41) is 13.2. The molecule has 1 saturated carbocycles. The van der Waals surface area contributed by atoms with Gasteiger partial charge in [-0.1, -0.05) is 6.42 Å². The number of nitrogens with two attached hydrogens (primary N) is 1. The molecule has 0 bridgehead atoms. The number of hydrogen-bond acceptors (Lipinski definition) is 4. The van der Waals surface area contributed by atoms with E-state index in [9.17, 15) is 5.11 Å². The van der Waals surface area contributed by atoms with Gasteiger partial charge >= 0.3 is 0 Å². The molecular formula is C13H27N3O. The summed E-state index contributed by atoms with van der Waals surface area (Å²) in [4.78, 5) is 2.37. The molecule has 1 aliphatic heterocycles. The van der Waals surface area contributed by atoms with Gasteiger partial charge in [0.2, 0.25) is 0 Å². The zero-order valence-corrected chi connectivity index (χ0v) is 11.0. The van der Waals surface area contributed by atoms with Crippen molar-refractivity contribution >= 4 is 0 Å². The second-order valence-corrected chi connectivity index (χ2v) is 5.95. The fourth-order valence-corrected chi connectivity index (χ4v) is 3.54. The fourth-order valence-electron chi connectivity index (χ4n) is 3.54. The minimum atomic E-state index is 0.0788. The summed E-state index contributed by atoms with van der Waals surface area (Å²) in [6.45, 7) is 3.23. The van der Waals surface area contributed by atoms with Crippen molar-refractivity contribution in [3.8, 4) is 0 Å². The van der Waals surface area contributed by atoms with Crippen LogP contribution >= 0.6 is 0 Å². The van der Waals surface area contributed by atoms with E-state index in [0.29, 0.717) is 25.1 Å². The lowest BCUT2D eigenvalue weighted by atomic mass is 9.87. The van der Waals surface area contributed by atoms with Crippen molar-refractivity contribution in [1.29, 1.82) is 0 Å². The molecule has 0 amide bonds. The molecule has 3 atom stereocenters. The topological polar surface area (TPSA) is 61.5 Å². The second-order valence-electron chi connectivity index (χ2n) is 5.95. The molecule has 0 aromatic rings. The van der Waals surface area contributed by atoms with Crippen LogP contribution in [0.15, 0.2) is 0 Å². The van der Waals surface area contributed by atoms with E-state index in [4.69, 9.17) is 5.73 Å². The number of aliphatic hydroxyl groups excluding tert-OH is 1. The highest BCUT2D eigenvalue weighted by atomic mass is 16.3. The van der Waals surface area contributed by atoms with Crippen LogP contribution in [-0.2, 0) is 0 Å². The minimum Gasteiger partial charge on any atom is -0.396 e. The highest BCUT2D eigenvalue weighted by molar-refractivity contribution is 4.99. The molecule has 2 fully saturated rings. The summed E-state index contributed by atoms with van der Waals surface area (Å²) in [6.07, 6.45) is 5.97. The van der Waals surface area contributed by atoms with E-state index in [1.807, 2.05) is 0 Å². The standard InChI is InChI=1S/C13H27N3O/c1-16-7-3-6-13(9-14,10-16)15-12-5-2-4-11(12)8-17/h11-12,15,17H,2-10,14H2,1H3. The van der Waals surface area contributed by atoms with Gasteiger partial charge in [-0.25, -0.2) is 0 Å². The van der Waals surface area contributed by atoms with Crippen molar-refractivity contribution in [3.63, 3.8) is 0 Å². The first-order valence-electron chi connectivity index (χ1n) is 6.96. The van der Waals surface area contributed by atoms with E-state index in [2.05, 4.69) is 17.3 Å². The molecule has 4 nitrogen and oxygen atoms in total. The Morgan fingerprint density at radius 2 is 2.24 bits per heavy atom. The number of aliphatic hydroxyl groups is 1. The van der Waals surface area contributed by atoms with Crippen molar-refractivity contribution in [3.05, 3.63) is 0 Å². The van der Waals surface area contributed by atoms with Gasteiger partial charge in [-0.2, -0.15) is 0 Å². The highest BCUT2D eigenvalue weighted by Gasteiger charge is 2.38. The molecule has 4 N–H and O–H groups in total. The first-order valence-corrected chi connectivity index (χ1v) is 6.96. The Bertz CT molecular complexity index is 249. The van der Waals surface area contributed by atoms with Gasteiger partial charge in [0.25, 0.3) is 0 Å². The van der Waals surface area contributed by atoms with E-state index in [-0.39, 0.29) is 5.54 Å². The monoisotopic (exact) mass is 241 g/mol. The normalized spacial score (nSPS) is 39.7. The lowest BCUT2D eigenvalue weighted by Crippen LogP contribution is -2.63. The van der Waals surface area contributed by atoms with Gasteiger partial charge in [-0.3, -0.25) is 0 Å². The zero-order valence-electron chi connectivity index (χ0n) is 11.0. The molecule has 0 aromatic heterocycles. The summed E-state index contributed by atoms with van der Waals surface area (Å²) in [6, 6.07) is 0.468. The molecule has 1 heterocycles. The fraction of sp³-hybridized carbons (Fsp3) is 1.00. The number of hydrogen-bond donors (Lipinski definition) is 3. The van der Waals surface area contributed by atoms with Crippen molar-refractivity contribution in [1.82, 2.24) is 10.2 Å². The van der Waals surface area contributed by atoms with Gasteiger partial charge < -0.3 is 21.1 Å². The minimum absolute atomic E-state index is 0.0788. The maximum Gasteiger partial charge on any atom is 0.0474 e. The third kappa shape index (κ3) is 2.99. The smallest absolute Gasteiger partial charge is 0.0474 e. The van der Waals surface area contributed by atoms with Crippen molar-refractivity contribution < 1.29 is 5.11 Å². The van der Waals surface area contributed by atoms with E-state index in [1.54, 1.807) is 0 Å². The summed E-state index contributed by atoms with van der Waals surface area (Å²) in [5.74, 6) is 0.436. The van der Waals surface area contributed by atoms with Crippen LogP contribution in [0.4, 0.5) is 0 Å². The SMILES string of the molecule is CN1CCCC(CN)(NC2CCCC2CO)C1. The maximum atomic E-state index is 9.39. The molecular weight excluding hydrogens is 214 g/mol. The zero-order chi connectivity index (χ0) is 12.3. The average molecular weight is 241 g/mol. The first-order chi connectivity index (χ1) is 8.19. The van der Waals surface area contributed by atoms with E-state index < -0.39 is 0 Å². The Labute approximate surface area is 105 Å². The van der Waals surface area contributed by atoms with Gasteiger partial charge in [0.15, 0.2) is 0 Å². The number of likely N-dealkylation sites (tertiary alicyclic amines) is 1. The van der Waals surface area contributed by atoms with Crippen LogP contribution in [0.3, 0.4) is 0 Å². The van der Waals surface area contributed by atoms with Crippen LogP contribution in [0, 0.1) is 5.92 Å². The lowest BCUT2D eigenvalue weighted by Gasteiger charge is -2.44. The summed E-state index contributed by atoms with van der Waals surface area (Å²) in [5.41, 5.74) is 6.09.